The zero-order chi connectivity index (χ0) is 12.3. The van der Waals surface area contributed by atoms with Crippen molar-refractivity contribution in [3.8, 4) is 0 Å². The van der Waals surface area contributed by atoms with Crippen LogP contribution in [0.15, 0.2) is 23.7 Å². The molecular formula is C13H19N3S. The minimum atomic E-state index is 0.521. The molecule has 92 valence electrons. The fourth-order valence-electron chi connectivity index (χ4n) is 1.81. The second-order valence-corrected chi connectivity index (χ2v) is 5.54. The molecular weight excluding hydrogens is 230 g/mol. The van der Waals surface area contributed by atoms with E-state index in [2.05, 4.69) is 42.3 Å². The Kier molecular flexibility index (Phi) is 3.97. The number of anilines is 1. The number of hydrogen-bond donors (Lipinski definition) is 2. The van der Waals surface area contributed by atoms with Crippen LogP contribution in [0.4, 0.5) is 5.69 Å². The number of thiazole rings is 1. The monoisotopic (exact) mass is 249 g/mol. The average Bonchev–Trinajstić information content (AvgIpc) is 2.76. The first-order chi connectivity index (χ1) is 8.20. The summed E-state index contributed by atoms with van der Waals surface area (Å²) in [5.41, 5.74) is 9.87. The summed E-state index contributed by atoms with van der Waals surface area (Å²) in [5, 5.41) is 3.46. The lowest BCUT2D eigenvalue weighted by molar-refractivity contribution is 0.413. The van der Waals surface area contributed by atoms with Gasteiger partial charge in [-0.15, -0.1) is 11.3 Å². The first-order valence-corrected chi connectivity index (χ1v) is 6.86. The molecule has 1 aromatic heterocycles. The van der Waals surface area contributed by atoms with Gasteiger partial charge in [0.05, 0.1) is 15.7 Å². The number of nitrogens with two attached hydrogens (primary N) is 1. The van der Waals surface area contributed by atoms with Crippen molar-refractivity contribution in [3.05, 3.63) is 23.7 Å². The minimum Gasteiger partial charge on any atom is -0.385 e. The SMILES string of the molecule is CC(C)C(CN)CNc1ccc2ncsc2c1. The summed E-state index contributed by atoms with van der Waals surface area (Å²) in [6.45, 7) is 6.09. The van der Waals surface area contributed by atoms with E-state index in [-0.39, 0.29) is 0 Å². The van der Waals surface area contributed by atoms with E-state index in [9.17, 15) is 0 Å². The number of benzene rings is 1. The van der Waals surface area contributed by atoms with Gasteiger partial charge in [-0.25, -0.2) is 4.98 Å². The molecule has 0 saturated heterocycles. The molecule has 0 bridgehead atoms. The van der Waals surface area contributed by atoms with Crippen LogP contribution in [0.5, 0.6) is 0 Å². The fourth-order valence-corrected chi connectivity index (χ4v) is 2.52. The van der Waals surface area contributed by atoms with Gasteiger partial charge in [0.25, 0.3) is 0 Å². The number of nitrogens with zero attached hydrogens (tertiary/aromatic N) is 1. The molecule has 0 aliphatic rings. The Morgan fingerprint density at radius 2 is 2.24 bits per heavy atom. The summed E-state index contributed by atoms with van der Waals surface area (Å²) in [6, 6.07) is 6.29. The highest BCUT2D eigenvalue weighted by molar-refractivity contribution is 7.16. The Labute approximate surface area is 106 Å². The molecule has 0 fully saturated rings. The van der Waals surface area contributed by atoms with E-state index in [4.69, 9.17) is 5.73 Å². The average molecular weight is 249 g/mol. The summed E-state index contributed by atoms with van der Waals surface area (Å²) < 4.78 is 1.23. The van der Waals surface area contributed by atoms with Gasteiger partial charge in [0.15, 0.2) is 0 Å². The normalized spacial score (nSPS) is 13.2. The van der Waals surface area contributed by atoms with E-state index in [1.54, 1.807) is 11.3 Å². The number of hydrogen-bond acceptors (Lipinski definition) is 4. The number of rotatable bonds is 5. The number of fused-ring (bicyclic) bond motifs is 1. The van der Waals surface area contributed by atoms with Crippen molar-refractivity contribution < 1.29 is 0 Å². The summed E-state index contributed by atoms with van der Waals surface area (Å²) in [7, 11) is 0. The van der Waals surface area contributed by atoms with Crippen molar-refractivity contribution in [2.24, 2.45) is 17.6 Å². The van der Waals surface area contributed by atoms with E-state index in [1.165, 1.54) is 4.70 Å². The highest BCUT2D eigenvalue weighted by atomic mass is 32.1. The molecule has 0 aliphatic carbocycles. The molecule has 4 heteroatoms. The molecule has 1 heterocycles. The lowest BCUT2D eigenvalue weighted by Crippen LogP contribution is -2.27. The summed E-state index contributed by atoms with van der Waals surface area (Å²) in [6.07, 6.45) is 0. The molecule has 0 amide bonds. The lowest BCUT2D eigenvalue weighted by atomic mass is 9.96. The van der Waals surface area contributed by atoms with Gasteiger partial charge in [0.2, 0.25) is 0 Å². The lowest BCUT2D eigenvalue weighted by Gasteiger charge is -2.19. The van der Waals surface area contributed by atoms with Crippen LogP contribution in [-0.2, 0) is 0 Å². The Hall–Kier alpha value is -1.13. The molecule has 3 nitrogen and oxygen atoms in total. The molecule has 17 heavy (non-hydrogen) atoms. The predicted molar refractivity (Wildman–Crippen MR) is 75.5 cm³/mol. The summed E-state index contributed by atoms with van der Waals surface area (Å²) in [4.78, 5) is 4.27. The first-order valence-electron chi connectivity index (χ1n) is 5.98. The van der Waals surface area contributed by atoms with Crippen LogP contribution >= 0.6 is 11.3 Å². The molecule has 0 saturated carbocycles. The molecule has 0 spiro atoms. The molecule has 1 atom stereocenters. The van der Waals surface area contributed by atoms with Crippen molar-refractivity contribution in [2.75, 3.05) is 18.4 Å². The van der Waals surface area contributed by atoms with Crippen LogP contribution in [0, 0.1) is 11.8 Å². The largest absolute Gasteiger partial charge is 0.385 e. The van der Waals surface area contributed by atoms with Gasteiger partial charge in [-0.2, -0.15) is 0 Å². The van der Waals surface area contributed by atoms with E-state index in [1.807, 2.05) is 5.51 Å². The van der Waals surface area contributed by atoms with Crippen molar-refractivity contribution in [3.63, 3.8) is 0 Å². The second-order valence-electron chi connectivity index (χ2n) is 4.66. The van der Waals surface area contributed by atoms with E-state index >= 15 is 0 Å². The molecule has 0 radical (unpaired) electrons. The van der Waals surface area contributed by atoms with Crippen LogP contribution in [-0.4, -0.2) is 18.1 Å². The molecule has 1 aromatic carbocycles. The maximum atomic E-state index is 5.76. The third-order valence-corrected chi connectivity index (χ3v) is 3.94. The van der Waals surface area contributed by atoms with Gasteiger partial charge in [0.1, 0.15) is 0 Å². The van der Waals surface area contributed by atoms with Gasteiger partial charge in [0, 0.05) is 12.2 Å². The minimum absolute atomic E-state index is 0.521. The van der Waals surface area contributed by atoms with Gasteiger partial charge in [-0.05, 0) is 36.6 Å². The molecule has 2 rings (SSSR count). The zero-order valence-corrected chi connectivity index (χ0v) is 11.1. The Morgan fingerprint density at radius 1 is 1.41 bits per heavy atom. The van der Waals surface area contributed by atoms with Gasteiger partial charge in [-0.3, -0.25) is 0 Å². The third-order valence-electron chi connectivity index (χ3n) is 3.15. The van der Waals surface area contributed by atoms with Crippen molar-refractivity contribution in [1.29, 1.82) is 0 Å². The Balaban J connectivity index is 2.02. The van der Waals surface area contributed by atoms with E-state index in [0.29, 0.717) is 11.8 Å². The maximum Gasteiger partial charge on any atom is 0.0813 e. The first kappa shape index (κ1) is 12.3. The smallest absolute Gasteiger partial charge is 0.0813 e. The highest BCUT2D eigenvalue weighted by Gasteiger charge is 2.10. The predicted octanol–water partition coefficient (Wildman–Crippen LogP) is 2.94. The number of aromatic nitrogens is 1. The fraction of sp³-hybridized carbons (Fsp3) is 0.462. The molecule has 2 aromatic rings. The van der Waals surface area contributed by atoms with Gasteiger partial charge < -0.3 is 11.1 Å². The van der Waals surface area contributed by atoms with Crippen LogP contribution in [0.1, 0.15) is 13.8 Å². The Morgan fingerprint density at radius 3 is 2.94 bits per heavy atom. The van der Waals surface area contributed by atoms with E-state index < -0.39 is 0 Å². The zero-order valence-electron chi connectivity index (χ0n) is 10.3. The van der Waals surface area contributed by atoms with Crippen LogP contribution < -0.4 is 11.1 Å². The van der Waals surface area contributed by atoms with Crippen LogP contribution in [0.25, 0.3) is 10.2 Å². The van der Waals surface area contributed by atoms with E-state index in [0.717, 1.165) is 24.3 Å². The van der Waals surface area contributed by atoms with Crippen LogP contribution in [0.3, 0.4) is 0 Å². The van der Waals surface area contributed by atoms with Crippen molar-refractivity contribution in [2.45, 2.75) is 13.8 Å². The van der Waals surface area contributed by atoms with Gasteiger partial charge >= 0.3 is 0 Å². The van der Waals surface area contributed by atoms with Crippen LogP contribution in [0.2, 0.25) is 0 Å². The summed E-state index contributed by atoms with van der Waals surface area (Å²) in [5.74, 6) is 1.13. The van der Waals surface area contributed by atoms with Crippen molar-refractivity contribution in [1.82, 2.24) is 4.98 Å². The third kappa shape index (κ3) is 2.96. The number of nitrogens with one attached hydrogen (secondary N) is 1. The molecule has 0 aliphatic heterocycles. The Bertz CT molecular complexity index is 478. The quantitative estimate of drug-likeness (QED) is 0.856. The second kappa shape index (κ2) is 5.47. The van der Waals surface area contributed by atoms with Crippen molar-refractivity contribution >= 4 is 27.2 Å². The highest BCUT2D eigenvalue weighted by Crippen LogP contribution is 2.22. The topological polar surface area (TPSA) is 50.9 Å². The standard InChI is InChI=1S/C13H19N3S/c1-9(2)10(6-14)7-15-11-3-4-12-13(5-11)17-8-16-12/h3-5,8-10,15H,6-7,14H2,1-2H3. The maximum absolute atomic E-state index is 5.76. The molecule has 3 N–H and O–H groups in total. The summed E-state index contributed by atoms with van der Waals surface area (Å²) >= 11 is 1.67. The molecule has 1 unspecified atom stereocenters. The van der Waals surface area contributed by atoms with Gasteiger partial charge in [-0.1, -0.05) is 13.8 Å².